The molecule has 114 valence electrons. The number of nitrogens with zero attached hydrogens (tertiary/aromatic N) is 1. The molecule has 0 spiro atoms. The molecule has 1 unspecified atom stereocenters. The highest BCUT2D eigenvalue weighted by molar-refractivity contribution is 7.91. The Morgan fingerprint density at radius 1 is 1.29 bits per heavy atom. The zero-order valence-corrected chi connectivity index (χ0v) is 12.6. The van der Waals surface area contributed by atoms with Crippen LogP contribution in [-0.2, 0) is 31.0 Å². The standard InChI is InChI=1S/C13H14ClNO5S/c14-7-12(16)15-11(9-21(15,18)19)6-13(17)20-8-10-4-2-1-3-5-10/h1-5,11H,6-9H2. The summed E-state index contributed by atoms with van der Waals surface area (Å²) in [7, 11) is -3.60. The maximum Gasteiger partial charge on any atom is 0.308 e. The van der Waals surface area contributed by atoms with Gasteiger partial charge in [-0.15, -0.1) is 11.6 Å². The molecule has 1 atom stereocenters. The average Bonchev–Trinajstić information content (AvgIpc) is 2.45. The average molecular weight is 332 g/mol. The fourth-order valence-corrected chi connectivity index (χ4v) is 3.92. The van der Waals surface area contributed by atoms with Crippen LogP contribution >= 0.6 is 11.6 Å². The van der Waals surface area contributed by atoms with Crippen molar-refractivity contribution in [1.82, 2.24) is 4.31 Å². The van der Waals surface area contributed by atoms with Gasteiger partial charge in [0.2, 0.25) is 10.0 Å². The van der Waals surface area contributed by atoms with Gasteiger partial charge in [0, 0.05) is 0 Å². The molecule has 0 aliphatic carbocycles. The Morgan fingerprint density at radius 2 is 1.95 bits per heavy atom. The predicted molar refractivity (Wildman–Crippen MR) is 76.0 cm³/mol. The molecule has 1 fully saturated rings. The molecule has 21 heavy (non-hydrogen) atoms. The van der Waals surface area contributed by atoms with E-state index >= 15 is 0 Å². The molecular formula is C13H14ClNO5S. The zero-order chi connectivity index (χ0) is 15.5. The van der Waals surface area contributed by atoms with Gasteiger partial charge in [-0.1, -0.05) is 30.3 Å². The number of hydrogen-bond acceptors (Lipinski definition) is 5. The topological polar surface area (TPSA) is 80.8 Å². The lowest BCUT2D eigenvalue weighted by atomic mass is 10.2. The van der Waals surface area contributed by atoms with E-state index in [-0.39, 0.29) is 18.8 Å². The second-order valence-corrected chi connectivity index (χ2v) is 6.76. The van der Waals surface area contributed by atoms with Crippen molar-refractivity contribution in [2.45, 2.75) is 19.1 Å². The fraction of sp³-hybridized carbons (Fsp3) is 0.385. The summed E-state index contributed by atoms with van der Waals surface area (Å²) in [6, 6.07) is 8.42. The second-order valence-electron chi connectivity index (χ2n) is 4.61. The van der Waals surface area contributed by atoms with E-state index in [9.17, 15) is 18.0 Å². The normalized spacial score (nSPS) is 19.7. The molecule has 1 saturated heterocycles. The first-order chi connectivity index (χ1) is 9.94. The lowest BCUT2D eigenvalue weighted by Gasteiger charge is -2.38. The number of amides is 1. The fourth-order valence-electron chi connectivity index (χ4n) is 2.08. The summed E-state index contributed by atoms with van der Waals surface area (Å²) in [5.74, 6) is -1.94. The maximum atomic E-state index is 11.7. The highest BCUT2D eigenvalue weighted by atomic mass is 35.5. The summed E-state index contributed by atoms with van der Waals surface area (Å²) in [5.41, 5.74) is 0.834. The quantitative estimate of drug-likeness (QED) is 0.591. The number of rotatable bonds is 5. The molecule has 6 nitrogen and oxygen atoms in total. The molecular weight excluding hydrogens is 318 g/mol. The highest BCUT2D eigenvalue weighted by Crippen LogP contribution is 2.25. The van der Waals surface area contributed by atoms with Crippen molar-refractivity contribution in [1.29, 1.82) is 0 Å². The van der Waals surface area contributed by atoms with Gasteiger partial charge in [-0.05, 0) is 5.56 Å². The number of esters is 1. The number of hydrogen-bond donors (Lipinski definition) is 0. The lowest BCUT2D eigenvalue weighted by Crippen LogP contribution is -2.60. The van der Waals surface area contributed by atoms with Crippen molar-refractivity contribution >= 4 is 33.5 Å². The lowest BCUT2D eigenvalue weighted by molar-refractivity contribution is -0.146. The molecule has 0 aromatic heterocycles. The maximum absolute atomic E-state index is 11.7. The Kier molecular flexibility index (Phi) is 4.84. The minimum Gasteiger partial charge on any atom is -0.461 e. The monoisotopic (exact) mass is 331 g/mol. The Bertz CT molecular complexity index is 631. The Hall–Kier alpha value is -1.60. The van der Waals surface area contributed by atoms with E-state index < -0.39 is 33.8 Å². The van der Waals surface area contributed by atoms with Gasteiger partial charge in [0.05, 0.1) is 18.2 Å². The van der Waals surface area contributed by atoms with Crippen molar-refractivity contribution in [3.05, 3.63) is 35.9 Å². The minimum atomic E-state index is -3.60. The molecule has 1 heterocycles. The van der Waals surface area contributed by atoms with Crippen LogP contribution in [0.3, 0.4) is 0 Å². The van der Waals surface area contributed by atoms with Crippen molar-refractivity contribution in [3.63, 3.8) is 0 Å². The number of ether oxygens (including phenoxy) is 1. The molecule has 1 aliphatic rings. The largest absolute Gasteiger partial charge is 0.461 e. The molecule has 0 N–H and O–H groups in total. The van der Waals surface area contributed by atoms with E-state index in [1.807, 2.05) is 30.3 Å². The van der Waals surface area contributed by atoms with E-state index in [0.29, 0.717) is 4.31 Å². The second kappa shape index (κ2) is 6.44. The van der Waals surface area contributed by atoms with Crippen LogP contribution in [0.4, 0.5) is 0 Å². The van der Waals surface area contributed by atoms with E-state index in [4.69, 9.17) is 16.3 Å². The summed E-state index contributed by atoms with van der Waals surface area (Å²) in [4.78, 5) is 23.1. The Morgan fingerprint density at radius 3 is 2.52 bits per heavy atom. The summed E-state index contributed by atoms with van der Waals surface area (Å²) in [5, 5.41) is 0. The van der Waals surface area contributed by atoms with Crippen molar-refractivity contribution < 1.29 is 22.7 Å². The van der Waals surface area contributed by atoms with Crippen LogP contribution in [0.25, 0.3) is 0 Å². The van der Waals surface area contributed by atoms with Crippen LogP contribution in [0.5, 0.6) is 0 Å². The van der Waals surface area contributed by atoms with E-state index in [1.165, 1.54) is 0 Å². The SMILES string of the molecule is O=C(CC1CS(=O)(=O)N1C(=O)CCl)OCc1ccccc1. The molecule has 8 heteroatoms. The van der Waals surface area contributed by atoms with Crippen LogP contribution in [0, 0.1) is 0 Å². The minimum absolute atomic E-state index is 0.114. The number of carbonyl (C=O) groups excluding carboxylic acids is 2. The number of carbonyl (C=O) groups is 2. The number of benzene rings is 1. The molecule has 1 aliphatic heterocycles. The van der Waals surface area contributed by atoms with Gasteiger partial charge in [0.15, 0.2) is 0 Å². The van der Waals surface area contributed by atoms with Crippen LogP contribution in [0.1, 0.15) is 12.0 Å². The van der Waals surface area contributed by atoms with Gasteiger partial charge >= 0.3 is 5.97 Å². The molecule has 1 amide bonds. The van der Waals surface area contributed by atoms with Crippen LogP contribution < -0.4 is 0 Å². The van der Waals surface area contributed by atoms with Gasteiger partial charge in [-0.2, -0.15) is 0 Å². The third-order valence-electron chi connectivity index (χ3n) is 3.04. The van der Waals surface area contributed by atoms with E-state index in [1.54, 1.807) is 0 Å². The first kappa shape index (κ1) is 15.8. The summed E-state index contributed by atoms with van der Waals surface area (Å²) < 4.78 is 28.7. The number of alkyl halides is 1. The Labute approximate surface area is 127 Å². The summed E-state index contributed by atoms with van der Waals surface area (Å²) in [6.07, 6.45) is -0.158. The van der Waals surface area contributed by atoms with Gasteiger partial charge in [-0.3, -0.25) is 9.59 Å². The van der Waals surface area contributed by atoms with Crippen LogP contribution in [-0.4, -0.2) is 42.3 Å². The van der Waals surface area contributed by atoms with Crippen molar-refractivity contribution in [2.75, 3.05) is 11.6 Å². The van der Waals surface area contributed by atoms with Crippen molar-refractivity contribution in [3.8, 4) is 0 Å². The molecule has 0 saturated carbocycles. The van der Waals surface area contributed by atoms with Gasteiger partial charge < -0.3 is 4.74 Å². The van der Waals surface area contributed by atoms with Gasteiger partial charge in [0.1, 0.15) is 12.5 Å². The van der Waals surface area contributed by atoms with Gasteiger partial charge in [0.25, 0.3) is 5.91 Å². The molecule has 1 aromatic carbocycles. The predicted octanol–water partition coefficient (Wildman–Crippen LogP) is 0.899. The molecule has 2 rings (SSSR count). The van der Waals surface area contributed by atoms with E-state index in [0.717, 1.165) is 5.56 Å². The highest BCUT2D eigenvalue weighted by Gasteiger charge is 2.47. The summed E-state index contributed by atoms with van der Waals surface area (Å²) >= 11 is 5.36. The molecule has 0 bridgehead atoms. The number of halogens is 1. The first-order valence-corrected chi connectivity index (χ1v) is 8.39. The molecule has 1 aromatic rings. The summed E-state index contributed by atoms with van der Waals surface area (Å²) in [6.45, 7) is 0.114. The van der Waals surface area contributed by atoms with Crippen LogP contribution in [0.15, 0.2) is 30.3 Å². The zero-order valence-electron chi connectivity index (χ0n) is 11.1. The van der Waals surface area contributed by atoms with Crippen LogP contribution in [0.2, 0.25) is 0 Å². The number of sulfonamides is 1. The molecule has 0 radical (unpaired) electrons. The Balaban J connectivity index is 1.87. The third-order valence-corrected chi connectivity index (χ3v) is 5.18. The first-order valence-electron chi connectivity index (χ1n) is 6.24. The van der Waals surface area contributed by atoms with Gasteiger partial charge in [-0.25, -0.2) is 12.7 Å². The third kappa shape index (κ3) is 3.74. The van der Waals surface area contributed by atoms with Crippen molar-refractivity contribution in [2.24, 2.45) is 0 Å². The van der Waals surface area contributed by atoms with E-state index in [2.05, 4.69) is 0 Å². The smallest absolute Gasteiger partial charge is 0.308 e.